The summed E-state index contributed by atoms with van der Waals surface area (Å²) >= 11 is 0. The zero-order valence-corrected chi connectivity index (χ0v) is 12.8. The molecule has 0 saturated carbocycles. The number of benzene rings is 1. The second kappa shape index (κ2) is 8.08. The van der Waals surface area contributed by atoms with Crippen LogP contribution in [0.1, 0.15) is 13.8 Å². The third kappa shape index (κ3) is 5.88. The van der Waals surface area contributed by atoms with Crippen molar-refractivity contribution in [2.75, 3.05) is 25.5 Å². The number of para-hydroxylation sites is 2. The standard InChI is InChI=1S/C14H20N4O4/c1-10(2)15-13(19)8-17(3)9-14(20)16-11-6-4-5-7-12(11)18(21)22/h4-7,10H,8-9H2,1-3H3,(H,15,19)(H,16,20). The number of rotatable bonds is 7. The molecule has 22 heavy (non-hydrogen) atoms. The van der Waals surface area contributed by atoms with Crippen LogP contribution in [0.4, 0.5) is 11.4 Å². The second-order valence-electron chi connectivity index (χ2n) is 5.22. The first-order valence-electron chi connectivity index (χ1n) is 6.80. The van der Waals surface area contributed by atoms with E-state index in [0.717, 1.165) is 0 Å². The molecule has 0 saturated heterocycles. The predicted molar refractivity (Wildman–Crippen MR) is 82.5 cm³/mol. The minimum atomic E-state index is -0.560. The highest BCUT2D eigenvalue weighted by Gasteiger charge is 2.16. The summed E-state index contributed by atoms with van der Waals surface area (Å²) in [5.41, 5.74) is -0.0337. The maximum atomic E-state index is 11.9. The molecule has 0 atom stereocenters. The molecule has 0 aliphatic carbocycles. The minimum absolute atomic E-state index is 0.0293. The van der Waals surface area contributed by atoms with Gasteiger partial charge in [-0.3, -0.25) is 24.6 Å². The van der Waals surface area contributed by atoms with Gasteiger partial charge in [-0.1, -0.05) is 12.1 Å². The van der Waals surface area contributed by atoms with E-state index in [1.807, 2.05) is 13.8 Å². The fraction of sp³-hybridized carbons (Fsp3) is 0.429. The molecule has 0 heterocycles. The van der Waals surface area contributed by atoms with Crippen LogP contribution in [-0.2, 0) is 9.59 Å². The normalized spacial score (nSPS) is 10.6. The summed E-state index contributed by atoms with van der Waals surface area (Å²) < 4.78 is 0. The zero-order valence-electron chi connectivity index (χ0n) is 12.8. The number of carbonyl (C=O) groups is 2. The summed E-state index contributed by atoms with van der Waals surface area (Å²) in [4.78, 5) is 35.3. The lowest BCUT2D eigenvalue weighted by molar-refractivity contribution is -0.383. The molecule has 0 spiro atoms. The largest absolute Gasteiger partial charge is 0.353 e. The summed E-state index contributed by atoms with van der Waals surface area (Å²) in [5.74, 6) is -0.606. The van der Waals surface area contributed by atoms with E-state index in [2.05, 4.69) is 10.6 Å². The van der Waals surface area contributed by atoms with E-state index in [9.17, 15) is 19.7 Å². The molecule has 0 unspecified atom stereocenters. The van der Waals surface area contributed by atoms with Gasteiger partial charge >= 0.3 is 0 Å². The molecule has 0 fully saturated rings. The van der Waals surface area contributed by atoms with E-state index in [0.29, 0.717) is 0 Å². The fourth-order valence-electron chi connectivity index (χ4n) is 1.84. The van der Waals surface area contributed by atoms with Gasteiger partial charge in [-0.25, -0.2) is 0 Å². The van der Waals surface area contributed by atoms with Crippen molar-refractivity contribution in [1.82, 2.24) is 10.2 Å². The Morgan fingerprint density at radius 2 is 1.82 bits per heavy atom. The van der Waals surface area contributed by atoms with Gasteiger partial charge in [0.25, 0.3) is 5.69 Å². The van der Waals surface area contributed by atoms with E-state index in [4.69, 9.17) is 0 Å². The first kappa shape index (κ1) is 17.6. The van der Waals surface area contributed by atoms with Crippen LogP contribution in [0.2, 0.25) is 0 Å². The van der Waals surface area contributed by atoms with Crippen molar-refractivity contribution in [2.24, 2.45) is 0 Å². The van der Waals surface area contributed by atoms with Gasteiger partial charge in [0.1, 0.15) is 5.69 Å². The zero-order chi connectivity index (χ0) is 16.7. The Kier molecular flexibility index (Phi) is 6.46. The van der Waals surface area contributed by atoms with Gasteiger partial charge < -0.3 is 10.6 Å². The first-order chi connectivity index (χ1) is 10.3. The smallest absolute Gasteiger partial charge is 0.292 e. The molecule has 2 N–H and O–H groups in total. The molecule has 1 rings (SSSR count). The van der Waals surface area contributed by atoms with Gasteiger partial charge in [0, 0.05) is 12.1 Å². The van der Waals surface area contributed by atoms with Gasteiger partial charge in [0.2, 0.25) is 11.8 Å². The van der Waals surface area contributed by atoms with Gasteiger partial charge in [-0.2, -0.15) is 0 Å². The maximum Gasteiger partial charge on any atom is 0.292 e. The SMILES string of the molecule is CC(C)NC(=O)CN(C)CC(=O)Nc1ccccc1[N+](=O)[O-]. The highest BCUT2D eigenvalue weighted by atomic mass is 16.6. The lowest BCUT2D eigenvalue weighted by atomic mass is 10.2. The van der Waals surface area contributed by atoms with Crippen molar-refractivity contribution in [3.8, 4) is 0 Å². The molecule has 120 valence electrons. The molecule has 0 aliphatic heterocycles. The van der Waals surface area contributed by atoms with Gasteiger partial charge in [-0.15, -0.1) is 0 Å². The Morgan fingerprint density at radius 1 is 1.23 bits per heavy atom. The number of likely N-dealkylation sites (N-methyl/N-ethyl adjacent to an activating group) is 1. The summed E-state index contributed by atoms with van der Waals surface area (Å²) in [7, 11) is 1.62. The van der Waals surface area contributed by atoms with Gasteiger partial charge in [0.15, 0.2) is 0 Å². The molecule has 0 radical (unpaired) electrons. The first-order valence-corrected chi connectivity index (χ1v) is 6.80. The highest BCUT2D eigenvalue weighted by molar-refractivity contribution is 5.94. The van der Waals surface area contributed by atoms with Crippen molar-refractivity contribution in [1.29, 1.82) is 0 Å². The molecule has 1 aromatic carbocycles. The molecular formula is C14H20N4O4. The van der Waals surface area contributed by atoms with E-state index >= 15 is 0 Å². The Morgan fingerprint density at radius 3 is 2.41 bits per heavy atom. The highest BCUT2D eigenvalue weighted by Crippen LogP contribution is 2.22. The van der Waals surface area contributed by atoms with E-state index in [1.165, 1.54) is 23.1 Å². The van der Waals surface area contributed by atoms with Crippen LogP contribution in [0.25, 0.3) is 0 Å². The van der Waals surface area contributed by atoms with E-state index in [1.54, 1.807) is 13.1 Å². The Hall–Kier alpha value is -2.48. The van der Waals surface area contributed by atoms with Crippen LogP contribution in [0.15, 0.2) is 24.3 Å². The van der Waals surface area contributed by atoms with Crippen molar-refractivity contribution in [3.05, 3.63) is 34.4 Å². The van der Waals surface area contributed by atoms with Crippen molar-refractivity contribution in [3.63, 3.8) is 0 Å². The number of nitro benzene ring substituents is 1. The molecule has 0 aliphatic rings. The van der Waals surface area contributed by atoms with Gasteiger partial charge in [0.05, 0.1) is 18.0 Å². The number of amides is 2. The van der Waals surface area contributed by atoms with E-state index < -0.39 is 10.8 Å². The summed E-state index contributed by atoms with van der Waals surface area (Å²) in [6.45, 7) is 3.72. The molecule has 2 amide bonds. The quantitative estimate of drug-likeness (QED) is 0.577. The number of anilines is 1. The van der Waals surface area contributed by atoms with Crippen LogP contribution < -0.4 is 10.6 Å². The summed E-state index contributed by atoms with van der Waals surface area (Å²) in [6.07, 6.45) is 0. The number of carbonyl (C=O) groups excluding carboxylic acids is 2. The maximum absolute atomic E-state index is 11.9. The molecule has 1 aromatic rings. The van der Waals surface area contributed by atoms with Crippen molar-refractivity contribution in [2.45, 2.75) is 19.9 Å². The number of hydrogen-bond acceptors (Lipinski definition) is 5. The third-order valence-corrected chi connectivity index (χ3v) is 2.65. The summed E-state index contributed by atoms with van der Waals surface area (Å²) in [6, 6.07) is 5.93. The second-order valence-corrected chi connectivity index (χ2v) is 5.22. The van der Waals surface area contributed by atoms with E-state index in [-0.39, 0.29) is 36.4 Å². The van der Waals surface area contributed by atoms with Crippen molar-refractivity contribution >= 4 is 23.2 Å². The van der Waals surface area contributed by atoms with Crippen LogP contribution in [0.5, 0.6) is 0 Å². The molecule has 8 heteroatoms. The molecule has 0 bridgehead atoms. The Balaban J connectivity index is 2.56. The molecule has 0 aromatic heterocycles. The minimum Gasteiger partial charge on any atom is -0.353 e. The lowest BCUT2D eigenvalue weighted by Crippen LogP contribution is -2.41. The number of nitro groups is 1. The Bertz CT molecular complexity index is 560. The summed E-state index contributed by atoms with van der Waals surface area (Å²) in [5, 5.41) is 16.1. The van der Waals surface area contributed by atoms with Crippen LogP contribution in [0.3, 0.4) is 0 Å². The van der Waals surface area contributed by atoms with Crippen LogP contribution in [0, 0.1) is 10.1 Å². The monoisotopic (exact) mass is 308 g/mol. The lowest BCUT2D eigenvalue weighted by Gasteiger charge is -2.17. The van der Waals surface area contributed by atoms with Crippen LogP contribution in [-0.4, -0.2) is 47.8 Å². The average molecular weight is 308 g/mol. The topological polar surface area (TPSA) is 105 Å². The van der Waals surface area contributed by atoms with Gasteiger partial charge in [-0.05, 0) is 27.0 Å². The Labute approximate surface area is 128 Å². The molecule has 8 nitrogen and oxygen atoms in total. The predicted octanol–water partition coefficient (Wildman–Crippen LogP) is 0.990. The average Bonchev–Trinajstić information content (AvgIpc) is 2.37. The fourth-order valence-corrected chi connectivity index (χ4v) is 1.84. The number of nitrogens with one attached hydrogen (secondary N) is 2. The third-order valence-electron chi connectivity index (χ3n) is 2.65. The van der Waals surface area contributed by atoms with Crippen molar-refractivity contribution < 1.29 is 14.5 Å². The van der Waals surface area contributed by atoms with Crippen LogP contribution >= 0.6 is 0 Å². The number of nitrogens with zero attached hydrogens (tertiary/aromatic N) is 2. The molecular weight excluding hydrogens is 288 g/mol. The number of hydrogen-bond donors (Lipinski definition) is 2.